The summed E-state index contributed by atoms with van der Waals surface area (Å²) in [5, 5.41) is 12.6. The predicted octanol–water partition coefficient (Wildman–Crippen LogP) is 3.00. The Bertz CT molecular complexity index is 743. The molecule has 122 valence electrons. The molecule has 0 aromatic heterocycles. The minimum absolute atomic E-state index is 0.108. The van der Waals surface area contributed by atoms with Crippen molar-refractivity contribution >= 4 is 16.5 Å². The molecule has 1 N–H and O–H groups in total. The van der Waals surface area contributed by atoms with Gasteiger partial charge in [0.15, 0.2) is 11.5 Å². The molecular weight excluding hydrogens is 314 g/mol. The number of rotatable bonds is 6. The van der Waals surface area contributed by atoms with E-state index < -0.39 is 10.8 Å². The first-order valence-corrected chi connectivity index (χ1v) is 8.30. The van der Waals surface area contributed by atoms with Gasteiger partial charge in [-0.1, -0.05) is 23.4 Å². The van der Waals surface area contributed by atoms with Crippen LogP contribution in [0.25, 0.3) is 0 Å². The maximum absolute atomic E-state index is 12.5. The fourth-order valence-corrected chi connectivity index (χ4v) is 3.49. The standard InChI is InChI=1S/C17H19NO4S/c1-12-6-4-5-7-17(12)23(20)11-14(18-19)13-8-9-15(21-2)16(10-13)22-3/h4-10,19H,11H2,1-3H3/b18-14-. The molecule has 2 rings (SSSR count). The topological polar surface area (TPSA) is 68.1 Å². The van der Waals surface area contributed by atoms with Crippen molar-refractivity contribution in [1.82, 2.24) is 0 Å². The highest BCUT2D eigenvalue weighted by molar-refractivity contribution is 7.85. The van der Waals surface area contributed by atoms with Crippen molar-refractivity contribution in [2.24, 2.45) is 5.16 Å². The summed E-state index contributed by atoms with van der Waals surface area (Å²) in [6, 6.07) is 12.6. The Kier molecular flexibility index (Phi) is 5.76. The van der Waals surface area contributed by atoms with Gasteiger partial charge >= 0.3 is 0 Å². The van der Waals surface area contributed by atoms with Gasteiger partial charge in [-0.15, -0.1) is 0 Å². The van der Waals surface area contributed by atoms with Crippen molar-refractivity contribution in [3.05, 3.63) is 53.6 Å². The molecule has 0 amide bonds. The number of oxime groups is 1. The average molecular weight is 333 g/mol. The van der Waals surface area contributed by atoms with Gasteiger partial charge in [-0.05, 0) is 36.8 Å². The van der Waals surface area contributed by atoms with Gasteiger partial charge in [-0.2, -0.15) is 0 Å². The summed E-state index contributed by atoms with van der Waals surface area (Å²) in [5.74, 6) is 1.21. The van der Waals surface area contributed by atoms with Gasteiger partial charge in [0.2, 0.25) is 0 Å². The van der Waals surface area contributed by atoms with E-state index in [1.807, 2.05) is 31.2 Å². The van der Waals surface area contributed by atoms with Crippen molar-refractivity contribution in [2.75, 3.05) is 20.0 Å². The second-order valence-corrected chi connectivity index (χ2v) is 6.29. The zero-order valence-electron chi connectivity index (χ0n) is 13.3. The SMILES string of the molecule is COc1ccc(/C(CS(=O)c2ccccc2C)=N\O)cc1OC. The molecule has 0 bridgehead atoms. The zero-order valence-corrected chi connectivity index (χ0v) is 14.1. The highest BCUT2D eigenvalue weighted by Gasteiger charge is 2.15. The van der Waals surface area contributed by atoms with Crippen LogP contribution in [0.5, 0.6) is 11.5 Å². The fraction of sp³-hybridized carbons (Fsp3) is 0.235. The Hall–Kier alpha value is -2.34. The van der Waals surface area contributed by atoms with E-state index in [0.29, 0.717) is 22.8 Å². The number of benzene rings is 2. The molecule has 1 atom stereocenters. The van der Waals surface area contributed by atoms with E-state index in [4.69, 9.17) is 9.47 Å². The third-order valence-electron chi connectivity index (χ3n) is 3.44. The summed E-state index contributed by atoms with van der Waals surface area (Å²) in [5.41, 5.74) is 1.90. The van der Waals surface area contributed by atoms with Crippen molar-refractivity contribution in [1.29, 1.82) is 0 Å². The van der Waals surface area contributed by atoms with E-state index in [2.05, 4.69) is 5.16 Å². The Labute approximate surface area is 138 Å². The van der Waals surface area contributed by atoms with Crippen molar-refractivity contribution < 1.29 is 18.9 Å². The van der Waals surface area contributed by atoms with E-state index >= 15 is 0 Å². The Morgan fingerprint density at radius 1 is 1.13 bits per heavy atom. The Balaban J connectivity index is 2.28. The molecule has 0 spiro atoms. The van der Waals surface area contributed by atoms with Crippen molar-refractivity contribution in [3.63, 3.8) is 0 Å². The van der Waals surface area contributed by atoms with Gasteiger partial charge in [0.05, 0.1) is 36.5 Å². The monoisotopic (exact) mass is 333 g/mol. The van der Waals surface area contributed by atoms with Gasteiger partial charge in [0.1, 0.15) is 0 Å². The van der Waals surface area contributed by atoms with Crippen molar-refractivity contribution in [3.8, 4) is 11.5 Å². The normalized spacial score (nSPS) is 12.7. The Morgan fingerprint density at radius 3 is 2.43 bits per heavy atom. The first-order chi connectivity index (χ1) is 11.1. The van der Waals surface area contributed by atoms with E-state index in [9.17, 15) is 9.42 Å². The number of methoxy groups -OCH3 is 2. The van der Waals surface area contributed by atoms with Crippen molar-refractivity contribution in [2.45, 2.75) is 11.8 Å². The molecule has 0 aliphatic rings. The lowest BCUT2D eigenvalue weighted by Crippen LogP contribution is -2.13. The molecule has 6 heteroatoms. The Morgan fingerprint density at radius 2 is 1.83 bits per heavy atom. The zero-order chi connectivity index (χ0) is 16.8. The summed E-state index contributed by atoms with van der Waals surface area (Å²) in [6.45, 7) is 1.90. The molecular formula is C17H19NO4S. The van der Waals surface area contributed by atoms with Crippen LogP contribution in [0.2, 0.25) is 0 Å². The molecule has 0 saturated carbocycles. The van der Waals surface area contributed by atoms with Crippen LogP contribution in [0.15, 0.2) is 52.5 Å². The van der Waals surface area contributed by atoms with Gasteiger partial charge in [0, 0.05) is 10.5 Å². The van der Waals surface area contributed by atoms with Crippen LogP contribution in [0.1, 0.15) is 11.1 Å². The second-order valence-electron chi connectivity index (χ2n) is 4.87. The van der Waals surface area contributed by atoms with Crippen LogP contribution in [0.4, 0.5) is 0 Å². The molecule has 0 saturated heterocycles. The first-order valence-electron chi connectivity index (χ1n) is 6.98. The molecule has 0 aliphatic heterocycles. The predicted molar refractivity (Wildman–Crippen MR) is 90.3 cm³/mol. The highest BCUT2D eigenvalue weighted by atomic mass is 32.2. The van der Waals surface area contributed by atoms with Crippen LogP contribution in [-0.4, -0.2) is 35.1 Å². The number of hydrogen-bond donors (Lipinski definition) is 1. The van der Waals surface area contributed by atoms with Crippen LogP contribution in [0.3, 0.4) is 0 Å². The first kappa shape index (κ1) is 17.0. The maximum Gasteiger partial charge on any atom is 0.161 e. The molecule has 0 fully saturated rings. The van der Waals surface area contributed by atoms with Crippen LogP contribution in [0, 0.1) is 6.92 Å². The third kappa shape index (κ3) is 3.90. The third-order valence-corrected chi connectivity index (χ3v) is 4.93. The number of aryl methyl sites for hydroxylation is 1. The second kappa shape index (κ2) is 7.78. The van der Waals surface area contributed by atoms with Crippen LogP contribution in [-0.2, 0) is 10.8 Å². The van der Waals surface area contributed by atoms with Gasteiger partial charge in [-0.3, -0.25) is 4.21 Å². The lowest BCUT2D eigenvalue weighted by molar-refractivity contribution is 0.319. The average Bonchev–Trinajstić information content (AvgIpc) is 2.59. The lowest BCUT2D eigenvalue weighted by atomic mass is 10.1. The van der Waals surface area contributed by atoms with E-state index in [-0.39, 0.29) is 5.75 Å². The molecule has 0 heterocycles. The van der Waals surface area contributed by atoms with Crippen LogP contribution >= 0.6 is 0 Å². The number of nitrogens with zero attached hydrogens (tertiary/aromatic N) is 1. The molecule has 23 heavy (non-hydrogen) atoms. The largest absolute Gasteiger partial charge is 0.493 e. The van der Waals surface area contributed by atoms with Gasteiger partial charge in [0.25, 0.3) is 0 Å². The molecule has 0 radical (unpaired) electrons. The lowest BCUT2D eigenvalue weighted by Gasteiger charge is -2.11. The van der Waals surface area contributed by atoms with E-state index in [1.54, 1.807) is 25.3 Å². The minimum atomic E-state index is -1.30. The van der Waals surface area contributed by atoms with Gasteiger partial charge in [-0.25, -0.2) is 0 Å². The maximum atomic E-state index is 12.5. The molecule has 2 aromatic rings. The minimum Gasteiger partial charge on any atom is -0.493 e. The smallest absolute Gasteiger partial charge is 0.161 e. The summed E-state index contributed by atoms with van der Waals surface area (Å²) >= 11 is 0. The summed E-state index contributed by atoms with van der Waals surface area (Å²) in [6.07, 6.45) is 0. The summed E-state index contributed by atoms with van der Waals surface area (Å²) in [4.78, 5) is 0.731. The number of ether oxygens (including phenoxy) is 2. The summed E-state index contributed by atoms with van der Waals surface area (Å²) in [7, 11) is 1.77. The van der Waals surface area contributed by atoms with E-state index in [1.165, 1.54) is 7.11 Å². The molecule has 5 nitrogen and oxygen atoms in total. The van der Waals surface area contributed by atoms with Gasteiger partial charge < -0.3 is 14.7 Å². The molecule has 0 aliphatic carbocycles. The quantitative estimate of drug-likeness (QED) is 0.501. The highest BCUT2D eigenvalue weighted by Crippen LogP contribution is 2.28. The fourth-order valence-electron chi connectivity index (χ4n) is 2.20. The molecule has 2 aromatic carbocycles. The van der Waals surface area contributed by atoms with Crippen LogP contribution < -0.4 is 9.47 Å². The molecule has 1 unspecified atom stereocenters. The number of hydrogen-bond acceptors (Lipinski definition) is 5. The summed E-state index contributed by atoms with van der Waals surface area (Å²) < 4.78 is 23.0. The van der Waals surface area contributed by atoms with E-state index in [0.717, 1.165) is 10.5 Å².